The molecule has 6 heteroatoms. The Morgan fingerprint density at radius 1 is 1.11 bits per heavy atom. The monoisotopic (exact) mass is 397 g/mol. The van der Waals surface area contributed by atoms with Crippen molar-refractivity contribution < 1.29 is 0 Å². The highest BCUT2D eigenvalue weighted by Gasteiger charge is 2.40. The molecule has 2 saturated heterocycles. The quantitative estimate of drug-likeness (QED) is 0.534. The lowest BCUT2D eigenvalue weighted by Gasteiger charge is -2.35. The molecule has 2 bridgehead atoms. The van der Waals surface area contributed by atoms with E-state index in [-0.39, 0.29) is 0 Å². The van der Waals surface area contributed by atoms with Gasteiger partial charge in [0.15, 0.2) is 0 Å². The molecule has 2 atom stereocenters. The Bertz CT molecular complexity index is 445. The molecule has 0 N–H and O–H groups in total. The second-order valence-electron chi connectivity index (χ2n) is 5.20. The van der Waals surface area contributed by atoms with Crippen LogP contribution < -0.4 is 0 Å². The van der Waals surface area contributed by atoms with Gasteiger partial charge in [-0.15, -0.1) is 0 Å². The molecule has 0 saturated carbocycles. The van der Waals surface area contributed by atoms with Gasteiger partial charge in [0.05, 0.1) is 3.57 Å². The van der Waals surface area contributed by atoms with Crippen LogP contribution in [-0.4, -0.2) is 34.0 Å². The first-order valence-corrected chi connectivity index (χ1v) is 8.00. The lowest BCUT2D eigenvalue weighted by atomic mass is 9.90. The number of hydrogen-bond donors (Lipinski definition) is 0. The number of hydrogen-bond acceptors (Lipinski definition) is 3. The van der Waals surface area contributed by atoms with Crippen LogP contribution in [0.1, 0.15) is 37.4 Å². The molecule has 1 aromatic heterocycles. The molecule has 0 aromatic carbocycles. The smallest absolute Gasteiger partial charge is 0.147 e. The molecule has 0 spiro atoms. The van der Waals surface area contributed by atoms with Gasteiger partial charge in [-0.05, 0) is 55.3 Å². The fourth-order valence-electron chi connectivity index (χ4n) is 3.21. The number of fused-ring (bicyclic) bond motifs is 2. The van der Waals surface area contributed by atoms with E-state index in [9.17, 15) is 0 Å². The SMILES string of the molecule is CN1C2CCC1CC(c1nc(Cl)c(I)c(Cl)n1)C2. The molecule has 3 heterocycles. The van der Waals surface area contributed by atoms with Crippen LogP contribution in [0.15, 0.2) is 0 Å². The fraction of sp³-hybridized carbons (Fsp3) is 0.667. The van der Waals surface area contributed by atoms with Gasteiger partial charge in [-0.3, -0.25) is 0 Å². The van der Waals surface area contributed by atoms with E-state index < -0.39 is 0 Å². The zero-order valence-electron chi connectivity index (χ0n) is 10.0. The number of aromatic nitrogens is 2. The van der Waals surface area contributed by atoms with E-state index in [4.69, 9.17) is 23.2 Å². The van der Waals surface area contributed by atoms with E-state index >= 15 is 0 Å². The summed E-state index contributed by atoms with van der Waals surface area (Å²) in [5.74, 6) is 1.24. The van der Waals surface area contributed by atoms with Crippen LogP contribution in [0.5, 0.6) is 0 Å². The van der Waals surface area contributed by atoms with Gasteiger partial charge in [-0.2, -0.15) is 0 Å². The third-order valence-electron chi connectivity index (χ3n) is 4.25. The minimum absolute atomic E-state index is 0.408. The highest BCUT2D eigenvalue weighted by Crippen LogP contribution is 2.41. The van der Waals surface area contributed by atoms with Crippen molar-refractivity contribution >= 4 is 45.8 Å². The van der Waals surface area contributed by atoms with Crippen molar-refractivity contribution in [1.82, 2.24) is 14.9 Å². The largest absolute Gasteiger partial charge is 0.300 e. The van der Waals surface area contributed by atoms with Gasteiger partial charge in [-0.25, -0.2) is 9.97 Å². The summed E-state index contributed by atoms with van der Waals surface area (Å²) < 4.78 is 0.746. The van der Waals surface area contributed by atoms with Crippen LogP contribution in [-0.2, 0) is 0 Å². The average Bonchev–Trinajstić information content (AvgIpc) is 2.57. The van der Waals surface area contributed by atoms with Crippen LogP contribution in [0.4, 0.5) is 0 Å². The lowest BCUT2D eigenvalue weighted by molar-refractivity contribution is 0.159. The van der Waals surface area contributed by atoms with Crippen LogP contribution in [0.2, 0.25) is 10.3 Å². The van der Waals surface area contributed by atoms with Gasteiger partial charge in [0.25, 0.3) is 0 Å². The highest BCUT2D eigenvalue weighted by atomic mass is 127. The van der Waals surface area contributed by atoms with Crippen LogP contribution in [0.3, 0.4) is 0 Å². The van der Waals surface area contributed by atoms with Gasteiger partial charge in [0.2, 0.25) is 0 Å². The van der Waals surface area contributed by atoms with Crippen molar-refractivity contribution in [3.05, 3.63) is 19.7 Å². The maximum absolute atomic E-state index is 6.10. The predicted molar refractivity (Wildman–Crippen MR) is 81.3 cm³/mol. The first kappa shape index (κ1) is 13.3. The minimum Gasteiger partial charge on any atom is -0.300 e. The lowest BCUT2D eigenvalue weighted by Crippen LogP contribution is -2.39. The van der Waals surface area contributed by atoms with Crippen LogP contribution >= 0.6 is 45.8 Å². The summed E-state index contributed by atoms with van der Waals surface area (Å²) in [6.45, 7) is 0. The molecule has 3 nitrogen and oxygen atoms in total. The fourth-order valence-corrected chi connectivity index (χ4v) is 3.86. The summed E-state index contributed by atoms with van der Waals surface area (Å²) >= 11 is 14.3. The first-order valence-electron chi connectivity index (χ1n) is 6.16. The second kappa shape index (κ2) is 5.04. The number of rotatable bonds is 1. The van der Waals surface area contributed by atoms with Crippen molar-refractivity contribution in [3.8, 4) is 0 Å². The van der Waals surface area contributed by atoms with E-state index in [1.807, 2.05) is 0 Å². The normalized spacial score (nSPS) is 31.9. The Hall–Kier alpha value is 0.350. The third kappa shape index (κ3) is 2.25. The molecule has 2 aliphatic heterocycles. The Morgan fingerprint density at radius 2 is 1.61 bits per heavy atom. The van der Waals surface area contributed by atoms with E-state index in [1.165, 1.54) is 12.8 Å². The molecule has 98 valence electrons. The topological polar surface area (TPSA) is 29.0 Å². The molecule has 0 aliphatic carbocycles. The number of nitrogens with zero attached hydrogens (tertiary/aromatic N) is 3. The number of halogens is 3. The van der Waals surface area contributed by atoms with Gasteiger partial charge in [0, 0.05) is 18.0 Å². The van der Waals surface area contributed by atoms with E-state index in [0.717, 1.165) is 22.2 Å². The van der Waals surface area contributed by atoms with E-state index in [1.54, 1.807) is 0 Å². The van der Waals surface area contributed by atoms with Crippen LogP contribution in [0.25, 0.3) is 0 Å². The zero-order valence-corrected chi connectivity index (χ0v) is 13.7. The summed E-state index contributed by atoms with van der Waals surface area (Å²) in [5, 5.41) is 0.966. The maximum atomic E-state index is 6.10. The molecule has 2 unspecified atom stereocenters. The molecule has 2 aliphatic rings. The average molecular weight is 398 g/mol. The van der Waals surface area contributed by atoms with Gasteiger partial charge >= 0.3 is 0 Å². The molecule has 2 fully saturated rings. The molecule has 3 rings (SSSR count). The Balaban J connectivity index is 1.88. The van der Waals surface area contributed by atoms with E-state index in [0.29, 0.717) is 28.3 Å². The van der Waals surface area contributed by atoms with Crippen molar-refractivity contribution in [1.29, 1.82) is 0 Å². The maximum Gasteiger partial charge on any atom is 0.147 e. The van der Waals surface area contributed by atoms with Crippen molar-refractivity contribution in [2.45, 2.75) is 43.7 Å². The Labute approximate surface area is 130 Å². The highest BCUT2D eigenvalue weighted by molar-refractivity contribution is 14.1. The minimum atomic E-state index is 0.408. The standard InChI is InChI=1S/C12H14Cl2IN3/c1-18-7-2-3-8(18)5-6(4-7)12-16-10(13)9(15)11(14)17-12/h6-8H,2-5H2,1H3. The summed E-state index contributed by atoms with van der Waals surface area (Å²) in [7, 11) is 2.23. The summed E-state index contributed by atoms with van der Waals surface area (Å²) in [5.41, 5.74) is 0. The Kier molecular flexibility index (Phi) is 3.73. The molecule has 18 heavy (non-hydrogen) atoms. The van der Waals surface area contributed by atoms with Gasteiger partial charge in [-0.1, -0.05) is 23.2 Å². The predicted octanol–water partition coefficient (Wildman–Crippen LogP) is 3.73. The Morgan fingerprint density at radius 3 is 2.11 bits per heavy atom. The molecular weight excluding hydrogens is 384 g/mol. The van der Waals surface area contributed by atoms with Crippen molar-refractivity contribution in [2.75, 3.05) is 7.05 Å². The summed E-state index contributed by atoms with van der Waals surface area (Å²) in [6.07, 6.45) is 4.84. The molecule has 0 amide bonds. The zero-order chi connectivity index (χ0) is 12.9. The van der Waals surface area contributed by atoms with Gasteiger partial charge < -0.3 is 4.90 Å². The molecule has 1 aromatic rings. The van der Waals surface area contributed by atoms with Gasteiger partial charge in [0.1, 0.15) is 16.1 Å². The molecule has 0 radical (unpaired) electrons. The molecular formula is C12H14Cl2IN3. The third-order valence-corrected chi connectivity index (χ3v) is 6.46. The number of piperidine rings is 1. The van der Waals surface area contributed by atoms with E-state index in [2.05, 4.69) is 44.5 Å². The van der Waals surface area contributed by atoms with Crippen molar-refractivity contribution in [2.24, 2.45) is 0 Å². The van der Waals surface area contributed by atoms with Crippen LogP contribution in [0, 0.1) is 3.57 Å². The summed E-state index contributed by atoms with van der Waals surface area (Å²) in [6, 6.07) is 1.35. The second-order valence-corrected chi connectivity index (χ2v) is 6.99. The summed E-state index contributed by atoms with van der Waals surface area (Å²) in [4.78, 5) is 11.4. The van der Waals surface area contributed by atoms with Crippen molar-refractivity contribution in [3.63, 3.8) is 0 Å². The first-order chi connectivity index (χ1) is 8.56.